The standard InChI is InChI=1S/C21H30O5/c1-15(5-3-7-17-9-10-25-14-17)11-19(22)12-16(2)6-4-8-18-13-20(23)26-21(18)24/h5,9-10,13-14,16,19-20,22-23H,3-4,6-8,11-12H2,1-2H3/t16-,19+,20+/m1/s1. The van der Waals surface area contributed by atoms with E-state index in [4.69, 9.17) is 4.42 Å². The van der Waals surface area contributed by atoms with Crippen LogP contribution in [-0.4, -0.2) is 28.6 Å². The third-order valence-electron chi connectivity index (χ3n) is 4.71. The van der Waals surface area contributed by atoms with Gasteiger partial charge in [0.2, 0.25) is 6.29 Å². The first-order valence-electron chi connectivity index (χ1n) is 9.38. The van der Waals surface area contributed by atoms with E-state index in [2.05, 4.69) is 24.7 Å². The van der Waals surface area contributed by atoms with E-state index in [1.54, 1.807) is 12.5 Å². The fourth-order valence-electron chi connectivity index (χ4n) is 3.33. The Morgan fingerprint density at radius 2 is 2.19 bits per heavy atom. The molecule has 0 spiro atoms. The van der Waals surface area contributed by atoms with Crippen molar-refractivity contribution in [3.05, 3.63) is 47.5 Å². The number of aryl methyl sites for hydroxylation is 1. The molecule has 1 aromatic rings. The largest absolute Gasteiger partial charge is 0.472 e. The van der Waals surface area contributed by atoms with Gasteiger partial charge >= 0.3 is 5.97 Å². The fourth-order valence-corrected chi connectivity index (χ4v) is 3.33. The molecule has 3 atom stereocenters. The summed E-state index contributed by atoms with van der Waals surface area (Å²) in [5, 5.41) is 19.5. The molecule has 0 aliphatic carbocycles. The number of aliphatic hydroxyl groups excluding tert-OH is 2. The van der Waals surface area contributed by atoms with E-state index in [9.17, 15) is 15.0 Å². The van der Waals surface area contributed by atoms with E-state index in [0.29, 0.717) is 24.3 Å². The number of aliphatic hydroxyl groups is 2. The second-order valence-electron chi connectivity index (χ2n) is 7.30. The van der Waals surface area contributed by atoms with Crippen LogP contribution in [-0.2, 0) is 16.0 Å². The van der Waals surface area contributed by atoms with E-state index < -0.39 is 12.3 Å². The molecule has 144 valence electrons. The molecule has 0 bridgehead atoms. The second-order valence-corrected chi connectivity index (χ2v) is 7.30. The molecule has 0 saturated carbocycles. The Kier molecular flexibility index (Phi) is 8.13. The Labute approximate surface area is 155 Å². The highest BCUT2D eigenvalue weighted by molar-refractivity contribution is 5.90. The average molecular weight is 362 g/mol. The van der Waals surface area contributed by atoms with Crippen LogP contribution in [0.4, 0.5) is 0 Å². The molecule has 0 fully saturated rings. The van der Waals surface area contributed by atoms with Gasteiger partial charge < -0.3 is 19.4 Å². The van der Waals surface area contributed by atoms with Crippen LogP contribution in [0, 0.1) is 5.92 Å². The molecule has 5 nitrogen and oxygen atoms in total. The maximum atomic E-state index is 11.4. The Morgan fingerprint density at radius 3 is 2.85 bits per heavy atom. The van der Waals surface area contributed by atoms with E-state index in [1.165, 1.54) is 17.2 Å². The number of carbonyl (C=O) groups is 1. The van der Waals surface area contributed by atoms with Crippen LogP contribution in [0.5, 0.6) is 0 Å². The lowest BCUT2D eigenvalue weighted by Gasteiger charge is -2.16. The quantitative estimate of drug-likeness (QED) is 0.461. The second kappa shape index (κ2) is 10.3. The number of hydrogen-bond donors (Lipinski definition) is 2. The average Bonchev–Trinajstić information content (AvgIpc) is 3.17. The van der Waals surface area contributed by atoms with Crippen molar-refractivity contribution in [3.8, 4) is 0 Å². The molecule has 0 saturated heterocycles. The molecule has 0 aromatic carbocycles. The highest BCUT2D eigenvalue weighted by atomic mass is 16.6. The summed E-state index contributed by atoms with van der Waals surface area (Å²) >= 11 is 0. The minimum absolute atomic E-state index is 0.340. The van der Waals surface area contributed by atoms with Crippen LogP contribution in [0.15, 0.2) is 46.3 Å². The predicted octanol–water partition coefficient (Wildman–Crippen LogP) is 3.91. The number of carbonyl (C=O) groups excluding carboxylic acids is 1. The Morgan fingerprint density at radius 1 is 1.38 bits per heavy atom. The summed E-state index contributed by atoms with van der Waals surface area (Å²) in [7, 11) is 0. The van der Waals surface area contributed by atoms with Gasteiger partial charge in [-0.3, -0.25) is 0 Å². The molecule has 0 amide bonds. The van der Waals surface area contributed by atoms with Gasteiger partial charge in [0.15, 0.2) is 0 Å². The maximum Gasteiger partial charge on any atom is 0.336 e. The number of allylic oxidation sites excluding steroid dienone is 1. The highest BCUT2D eigenvalue weighted by Crippen LogP contribution is 2.22. The zero-order chi connectivity index (χ0) is 18.9. The monoisotopic (exact) mass is 362 g/mol. The van der Waals surface area contributed by atoms with Crippen LogP contribution < -0.4 is 0 Å². The Bertz CT molecular complexity index is 614. The highest BCUT2D eigenvalue weighted by Gasteiger charge is 2.23. The van der Waals surface area contributed by atoms with Gasteiger partial charge in [0.1, 0.15) is 0 Å². The number of esters is 1. The molecule has 5 heteroatoms. The van der Waals surface area contributed by atoms with Crippen molar-refractivity contribution in [1.82, 2.24) is 0 Å². The zero-order valence-corrected chi connectivity index (χ0v) is 15.7. The molecule has 2 rings (SSSR count). The van der Waals surface area contributed by atoms with Crippen LogP contribution in [0.25, 0.3) is 0 Å². The normalized spacial score (nSPS) is 20.0. The first kappa shape index (κ1) is 20.5. The van der Waals surface area contributed by atoms with Crippen LogP contribution >= 0.6 is 0 Å². The van der Waals surface area contributed by atoms with E-state index in [0.717, 1.165) is 32.1 Å². The number of ether oxygens (including phenoxy) is 1. The van der Waals surface area contributed by atoms with Crippen molar-refractivity contribution in [3.63, 3.8) is 0 Å². The number of furan rings is 1. The van der Waals surface area contributed by atoms with Crippen molar-refractivity contribution in [2.45, 2.75) is 71.2 Å². The van der Waals surface area contributed by atoms with Crippen molar-refractivity contribution >= 4 is 5.97 Å². The summed E-state index contributed by atoms with van der Waals surface area (Å²) in [4.78, 5) is 11.4. The van der Waals surface area contributed by atoms with E-state index >= 15 is 0 Å². The molecule has 26 heavy (non-hydrogen) atoms. The summed E-state index contributed by atoms with van der Waals surface area (Å²) in [6, 6.07) is 1.97. The van der Waals surface area contributed by atoms with E-state index in [-0.39, 0.29) is 6.10 Å². The number of cyclic esters (lactones) is 1. The molecule has 0 unspecified atom stereocenters. The van der Waals surface area contributed by atoms with Crippen LogP contribution in [0.1, 0.15) is 57.9 Å². The summed E-state index contributed by atoms with van der Waals surface area (Å²) in [6.07, 6.45) is 11.4. The maximum absolute atomic E-state index is 11.4. The third-order valence-corrected chi connectivity index (χ3v) is 4.71. The molecule has 0 radical (unpaired) electrons. The first-order valence-corrected chi connectivity index (χ1v) is 9.38. The van der Waals surface area contributed by atoms with Gasteiger partial charge in [-0.1, -0.05) is 25.0 Å². The van der Waals surface area contributed by atoms with Crippen molar-refractivity contribution in [2.75, 3.05) is 0 Å². The minimum atomic E-state index is -1.08. The van der Waals surface area contributed by atoms with Gasteiger partial charge in [-0.2, -0.15) is 0 Å². The minimum Gasteiger partial charge on any atom is -0.472 e. The number of rotatable bonds is 11. The summed E-state index contributed by atoms with van der Waals surface area (Å²) in [5.74, 6) is -0.0342. The molecule has 1 aromatic heterocycles. The summed E-state index contributed by atoms with van der Waals surface area (Å²) < 4.78 is 9.72. The summed E-state index contributed by atoms with van der Waals surface area (Å²) in [5.41, 5.74) is 2.96. The van der Waals surface area contributed by atoms with Crippen molar-refractivity contribution in [2.24, 2.45) is 5.92 Å². The lowest BCUT2D eigenvalue weighted by atomic mass is 9.93. The van der Waals surface area contributed by atoms with Gasteiger partial charge in [0, 0.05) is 5.57 Å². The van der Waals surface area contributed by atoms with Gasteiger partial charge in [-0.25, -0.2) is 4.79 Å². The molecule has 2 N–H and O–H groups in total. The lowest BCUT2D eigenvalue weighted by molar-refractivity contribution is -0.151. The zero-order valence-electron chi connectivity index (χ0n) is 15.7. The smallest absolute Gasteiger partial charge is 0.336 e. The Hall–Kier alpha value is -1.85. The Balaban J connectivity index is 1.60. The molecule has 1 aliphatic rings. The SMILES string of the molecule is CC(=CCCc1ccoc1)C[C@H](O)C[C@H](C)CCCC1=C[C@@H](O)OC1=O. The lowest BCUT2D eigenvalue weighted by Crippen LogP contribution is -2.12. The van der Waals surface area contributed by atoms with Crippen LogP contribution in [0.3, 0.4) is 0 Å². The van der Waals surface area contributed by atoms with Crippen molar-refractivity contribution < 1.29 is 24.2 Å². The number of hydrogen-bond acceptors (Lipinski definition) is 5. The van der Waals surface area contributed by atoms with Crippen LogP contribution in [0.2, 0.25) is 0 Å². The van der Waals surface area contributed by atoms with E-state index in [1.807, 2.05) is 6.07 Å². The fraction of sp³-hybridized carbons (Fsp3) is 0.571. The topological polar surface area (TPSA) is 79.9 Å². The van der Waals surface area contributed by atoms with Gasteiger partial charge in [0.25, 0.3) is 0 Å². The molecule has 1 aliphatic heterocycles. The molecular formula is C21H30O5. The third kappa shape index (κ3) is 7.18. The molecular weight excluding hydrogens is 332 g/mol. The first-order chi connectivity index (χ1) is 12.4. The van der Waals surface area contributed by atoms with Gasteiger partial charge in [-0.05, 0) is 69.1 Å². The summed E-state index contributed by atoms with van der Waals surface area (Å²) in [6.45, 7) is 4.18. The molecule has 2 heterocycles. The van der Waals surface area contributed by atoms with Crippen molar-refractivity contribution in [1.29, 1.82) is 0 Å². The predicted molar refractivity (Wildman–Crippen MR) is 99.2 cm³/mol. The van der Waals surface area contributed by atoms with Gasteiger partial charge in [0.05, 0.1) is 18.6 Å². The van der Waals surface area contributed by atoms with Gasteiger partial charge in [-0.15, -0.1) is 0 Å².